The number of amides is 3. The fourth-order valence-corrected chi connectivity index (χ4v) is 2.30. The van der Waals surface area contributed by atoms with E-state index in [2.05, 4.69) is 20.7 Å². The average Bonchev–Trinajstić information content (AvgIpc) is 2.37. The van der Waals surface area contributed by atoms with E-state index in [9.17, 15) is 14.4 Å². The molecule has 0 radical (unpaired) electrons. The number of nitrogens with one attached hydrogen (secondary N) is 3. The molecule has 7 heteroatoms. The third kappa shape index (κ3) is 4.91. The van der Waals surface area contributed by atoms with Crippen LogP contribution in [0.4, 0.5) is 4.79 Å². The molecule has 0 heterocycles. The Morgan fingerprint density at radius 2 is 1.86 bits per heavy atom. The number of carbonyl (C=O) groups excluding carboxylic acids is 3. The van der Waals surface area contributed by atoms with Crippen molar-refractivity contribution in [2.24, 2.45) is 5.92 Å². The first-order valence-electron chi connectivity index (χ1n) is 7.20. The Balaban J connectivity index is 2.66. The number of hydrogen-bond donors (Lipinski definition) is 3. The summed E-state index contributed by atoms with van der Waals surface area (Å²) in [6, 6.07) is -0.660. The van der Waals surface area contributed by atoms with E-state index < -0.39 is 17.7 Å². The summed E-state index contributed by atoms with van der Waals surface area (Å²) >= 11 is 0. The average molecular weight is 299 g/mol. The largest absolute Gasteiger partial charge is 0.453 e. The first-order valence-corrected chi connectivity index (χ1v) is 7.20. The lowest BCUT2D eigenvalue weighted by Gasteiger charge is -2.43. The molecule has 0 aromatic rings. The predicted molar refractivity (Wildman–Crippen MR) is 77.6 cm³/mol. The van der Waals surface area contributed by atoms with Gasteiger partial charge in [-0.05, 0) is 25.2 Å². The van der Waals surface area contributed by atoms with E-state index in [1.807, 2.05) is 13.8 Å². The smallest absolute Gasteiger partial charge is 0.407 e. The number of carbonyl (C=O) groups is 3. The van der Waals surface area contributed by atoms with Crippen LogP contribution in [0.25, 0.3) is 0 Å². The maximum absolute atomic E-state index is 12.4. The van der Waals surface area contributed by atoms with Crippen LogP contribution in [0.2, 0.25) is 0 Å². The van der Waals surface area contributed by atoms with Gasteiger partial charge in [0.15, 0.2) is 0 Å². The Kier molecular flexibility index (Phi) is 5.99. The van der Waals surface area contributed by atoms with Gasteiger partial charge in [-0.2, -0.15) is 0 Å². The third-order valence-corrected chi connectivity index (χ3v) is 3.78. The summed E-state index contributed by atoms with van der Waals surface area (Å²) < 4.78 is 4.54. The molecule has 1 fully saturated rings. The van der Waals surface area contributed by atoms with Crippen LogP contribution in [-0.2, 0) is 14.3 Å². The van der Waals surface area contributed by atoms with Crippen LogP contribution in [0.3, 0.4) is 0 Å². The van der Waals surface area contributed by atoms with Crippen molar-refractivity contribution in [2.45, 2.75) is 51.6 Å². The first kappa shape index (κ1) is 17.3. The van der Waals surface area contributed by atoms with Gasteiger partial charge in [0.25, 0.3) is 0 Å². The van der Waals surface area contributed by atoms with Gasteiger partial charge in [-0.1, -0.05) is 13.8 Å². The summed E-state index contributed by atoms with van der Waals surface area (Å²) in [5.41, 5.74) is -0.395. The van der Waals surface area contributed by atoms with Crippen molar-refractivity contribution >= 4 is 17.9 Å². The Hall–Kier alpha value is -1.79. The van der Waals surface area contributed by atoms with Crippen molar-refractivity contribution in [1.29, 1.82) is 0 Å². The minimum atomic E-state index is -0.660. The number of alkyl carbamates (subject to hydrolysis) is 1. The van der Waals surface area contributed by atoms with Crippen molar-refractivity contribution in [3.8, 4) is 0 Å². The molecule has 1 rings (SSSR count). The van der Waals surface area contributed by atoms with Crippen LogP contribution < -0.4 is 16.0 Å². The fourth-order valence-electron chi connectivity index (χ4n) is 2.30. The fraction of sp³-hybridized carbons (Fsp3) is 0.786. The Morgan fingerprint density at radius 3 is 2.24 bits per heavy atom. The Morgan fingerprint density at radius 1 is 1.24 bits per heavy atom. The summed E-state index contributed by atoms with van der Waals surface area (Å²) in [6.07, 6.45) is 2.02. The van der Waals surface area contributed by atoms with Gasteiger partial charge >= 0.3 is 6.09 Å². The molecule has 1 saturated carbocycles. The van der Waals surface area contributed by atoms with Crippen LogP contribution in [-0.4, -0.2) is 43.1 Å². The van der Waals surface area contributed by atoms with Gasteiger partial charge in [0.2, 0.25) is 11.8 Å². The molecule has 1 aliphatic carbocycles. The minimum Gasteiger partial charge on any atom is -0.453 e. The second-order valence-electron chi connectivity index (χ2n) is 5.89. The SMILES string of the molecule is COC(=O)N[C@H](C(=O)NC1(CNC(C)=O)CCC1)C(C)C. The molecule has 0 aliphatic heterocycles. The quantitative estimate of drug-likeness (QED) is 0.667. The highest BCUT2D eigenvalue weighted by Gasteiger charge is 2.40. The van der Waals surface area contributed by atoms with Gasteiger partial charge in [-0.3, -0.25) is 9.59 Å². The highest BCUT2D eigenvalue weighted by molar-refractivity contribution is 5.86. The molecule has 1 aliphatic rings. The lowest BCUT2D eigenvalue weighted by molar-refractivity contribution is -0.128. The summed E-state index contributed by atoms with van der Waals surface area (Å²) in [5.74, 6) is -0.439. The van der Waals surface area contributed by atoms with Gasteiger partial charge in [0.1, 0.15) is 6.04 Å². The van der Waals surface area contributed by atoms with Crippen LogP contribution >= 0.6 is 0 Å². The zero-order valence-electron chi connectivity index (χ0n) is 13.1. The summed E-state index contributed by atoms with van der Waals surface area (Å²) in [6.45, 7) is 5.56. The molecule has 3 N–H and O–H groups in total. The number of methoxy groups -OCH3 is 1. The molecule has 0 spiro atoms. The van der Waals surface area contributed by atoms with Crippen molar-refractivity contribution in [2.75, 3.05) is 13.7 Å². The van der Waals surface area contributed by atoms with Gasteiger partial charge < -0.3 is 20.7 Å². The molecule has 7 nitrogen and oxygen atoms in total. The van der Waals surface area contributed by atoms with Crippen molar-refractivity contribution in [3.63, 3.8) is 0 Å². The van der Waals surface area contributed by atoms with Crippen LogP contribution in [0.5, 0.6) is 0 Å². The zero-order valence-corrected chi connectivity index (χ0v) is 13.1. The Bertz CT molecular complexity index is 405. The molecule has 0 bridgehead atoms. The monoisotopic (exact) mass is 299 g/mol. The van der Waals surface area contributed by atoms with E-state index in [1.54, 1.807) is 0 Å². The van der Waals surface area contributed by atoms with E-state index in [0.29, 0.717) is 6.54 Å². The van der Waals surface area contributed by atoms with Gasteiger partial charge in [-0.25, -0.2) is 4.79 Å². The van der Waals surface area contributed by atoms with Gasteiger partial charge in [0.05, 0.1) is 12.6 Å². The topological polar surface area (TPSA) is 96.5 Å². The van der Waals surface area contributed by atoms with E-state index in [1.165, 1.54) is 14.0 Å². The number of hydrogen-bond acceptors (Lipinski definition) is 4. The lowest BCUT2D eigenvalue weighted by Crippen LogP contribution is -2.63. The summed E-state index contributed by atoms with van der Waals surface area (Å²) in [5, 5.41) is 8.26. The molecule has 1 atom stereocenters. The molecule has 0 aromatic carbocycles. The van der Waals surface area contributed by atoms with Gasteiger partial charge in [-0.15, -0.1) is 0 Å². The van der Waals surface area contributed by atoms with Crippen LogP contribution in [0.15, 0.2) is 0 Å². The van der Waals surface area contributed by atoms with Crippen molar-refractivity contribution in [3.05, 3.63) is 0 Å². The molecule has 0 saturated heterocycles. The predicted octanol–water partition coefficient (Wildman–Crippen LogP) is 0.542. The molecule has 3 amide bonds. The lowest BCUT2D eigenvalue weighted by atomic mass is 9.76. The van der Waals surface area contributed by atoms with Crippen LogP contribution in [0, 0.1) is 5.92 Å². The minimum absolute atomic E-state index is 0.0676. The molecular weight excluding hydrogens is 274 g/mol. The summed E-state index contributed by atoms with van der Waals surface area (Å²) in [7, 11) is 1.26. The second kappa shape index (κ2) is 7.28. The highest BCUT2D eigenvalue weighted by atomic mass is 16.5. The second-order valence-corrected chi connectivity index (χ2v) is 5.89. The zero-order chi connectivity index (χ0) is 16.0. The Labute approximate surface area is 125 Å². The molecule has 21 heavy (non-hydrogen) atoms. The number of ether oxygens (including phenoxy) is 1. The first-order chi connectivity index (χ1) is 9.79. The standard InChI is InChI=1S/C14H25N3O4/c1-9(2)11(16-13(20)21-4)12(19)17-14(6-5-7-14)8-15-10(3)18/h9,11H,5-8H2,1-4H3,(H,15,18)(H,16,20)(H,17,19)/t11-/m0/s1. The van der Waals surface area contributed by atoms with Gasteiger partial charge in [0, 0.05) is 13.5 Å². The maximum atomic E-state index is 12.4. The van der Waals surface area contributed by atoms with E-state index >= 15 is 0 Å². The normalized spacial score (nSPS) is 17.4. The molecule has 0 aromatic heterocycles. The number of rotatable bonds is 6. The highest BCUT2D eigenvalue weighted by Crippen LogP contribution is 2.31. The molecular formula is C14H25N3O4. The molecule has 120 valence electrons. The van der Waals surface area contributed by atoms with E-state index in [4.69, 9.17) is 0 Å². The van der Waals surface area contributed by atoms with Crippen LogP contribution in [0.1, 0.15) is 40.0 Å². The third-order valence-electron chi connectivity index (χ3n) is 3.78. The molecule has 0 unspecified atom stereocenters. The van der Waals surface area contributed by atoms with E-state index in [0.717, 1.165) is 19.3 Å². The van der Waals surface area contributed by atoms with Crippen molar-refractivity contribution < 1.29 is 19.1 Å². The van der Waals surface area contributed by atoms with Crippen molar-refractivity contribution in [1.82, 2.24) is 16.0 Å². The maximum Gasteiger partial charge on any atom is 0.407 e. The summed E-state index contributed by atoms with van der Waals surface area (Å²) in [4.78, 5) is 34.8. The van der Waals surface area contributed by atoms with E-state index in [-0.39, 0.29) is 17.7 Å².